The summed E-state index contributed by atoms with van der Waals surface area (Å²) in [5.74, 6) is 0. The molecule has 2 aromatic rings. The van der Waals surface area contributed by atoms with Crippen LogP contribution in [0.2, 0.25) is 5.15 Å². The van der Waals surface area contributed by atoms with Gasteiger partial charge >= 0.3 is 6.18 Å². The number of aromatic nitrogens is 1. The van der Waals surface area contributed by atoms with Crippen LogP contribution in [0.1, 0.15) is 4.88 Å². The lowest BCUT2D eigenvalue weighted by Crippen LogP contribution is -2.38. The molecule has 0 aliphatic heterocycles. The minimum absolute atomic E-state index is 0.234. The van der Waals surface area contributed by atoms with E-state index >= 15 is 0 Å². The van der Waals surface area contributed by atoms with Crippen molar-refractivity contribution in [2.45, 2.75) is 18.6 Å². The third kappa shape index (κ3) is 2.88. The van der Waals surface area contributed by atoms with E-state index in [-0.39, 0.29) is 6.42 Å². The molecular formula is C10H8ClF3N2S. The first-order valence-electron chi connectivity index (χ1n) is 4.73. The molecule has 0 aromatic carbocycles. The fourth-order valence-corrected chi connectivity index (χ4v) is 2.60. The van der Waals surface area contributed by atoms with E-state index in [9.17, 15) is 13.2 Å². The van der Waals surface area contributed by atoms with E-state index < -0.39 is 12.2 Å². The van der Waals surface area contributed by atoms with Crippen LogP contribution >= 0.6 is 22.9 Å². The summed E-state index contributed by atoms with van der Waals surface area (Å²) in [7, 11) is 0. The zero-order valence-electron chi connectivity index (χ0n) is 8.46. The second kappa shape index (κ2) is 4.44. The van der Waals surface area contributed by atoms with Crippen molar-refractivity contribution < 1.29 is 13.2 Å². The van der Waals surface area contributed by atoms with Gasteiger partial charge in [0.05, 0.1) is 10.2 Å². The fourth-order valence-electron chi connectivity index (χ4n) is 1.38. The van der Waals surface area contributed by atoms with Crippen LogP contribution in [0.3, 0.4) is 0 Å². The van der Waals surface area contributed by atoms with Crippen molar-refractivity contribution in [3.05, 3.63) is 28.2 Å². The third-order valence-corrected chi connectivity index (χ3v) is 3.55. The van der Waals surface area contributed by atoms with Crippen molar-refractivity contribution in [2.24, 2.45) is 5.73 Å². The van der Waals surface area contributed by atoms with E-state index in [2.05, 4.69) is 4.98 Å². The van der Waals surface area contributed by atoms with Gasteiger partial charge in [-0.15, -0.1) is 11.3 Å². The van der Waals surface area contributed by atoms with Crippen molar-refractivity contribution in [3.8, 4) is 0 Å². The monoisotopic (exact) mass is 280 g/mol. The summed E-state index contributed by atoms with van der Waals surface area (Å²) in [6, 6.07) is 3.09. The zero-order valence-corrected chi connectivity index (χ0v) is 10.0. The van der Waals surface area contributed by atoms with Crippen LogP contribution in [0.25, 0.3) is 10.2 Å². The molecular weight excluding hydrogens is 273 g/mol. The lowest BCUT2D eigenvalue weighted by atomic mass is 10.2. The number of pyridine rings is 1. The van der Waals surface area contributed by atoms with E-state index in [0.717, 1.165) is 4.70 Å². The van der Waals surface area contributed by atoms with Gasteiger partial charge in [-0.25, -0.2) is 4.98 Å². The molecule has 2 heterocycles. The Morgan fingerprint density at radius 2 is 2.12 bits per heavy atom. The molecule has 2 nitrogen and oxygen atoms in total. The fraction of sp³-hybridized carbons (Fsp3) is 0.300. The lowest BCUT2D eigenvalue weighted by molar-refractivity contribution is -0.147. The largest absolute Gasteiger partial charge is 0.403 e. The molecule has 2 N–H and O–H groups in total. The third-order valence-electron chi connectivity index (χ3n) is 2.23. The Morgan fingerprint density at radius 3 is 2.76 bits per heavy atom. The van der Waals surface area contributed by atoms with Gasteiger partial charge in [-0.2, -0.15) is 13.2 Å². The van der Waals surface area contributed by atoms with E-state index in [4.69, 9.17) is 17.3 Å². The standard InChI is InChI=1S/C10H8ClF3N2S/c11-9-2-1-7-6(16-9)3-5(17-7)4-8(15)10(12,13)14/h1-3,8H,4,15H2. The molecule has 1 unspecified atom stereocenters. The number of fused-ring (bicyclic) bond motifs is 1. The molecule has 2 rings (SSSR count). The number of halogens is 4. The van der Waals surface area contributed by atoms with Crippen LogP contribution in [0.4, 0.5) is 13.2 Å². The molecule has 2 aromatic heterocycles. The predicted octanol–water partition coefficient (Wildman–Crippen LogP) is 3.38. The van der Waals surface area contributed by atoms with E-state index in [1.165, 1.54) is 11.3 Å². The summed E-state index contributed by atoms with van der Waals surface area (Å²) < 4.78 is 37.7. The van der Waals surface area contributed by atoms with Crippen molar-refractivity contribution in [2.75, 3.05) is 0 Å². The predicted molar refractivity (Wildman–Crippen MR) is 62.4 cm³/mol. The highest BCUT2D eigenvalue weighted by Gasteiger charge is 2.36. The van der Waals surface area contributed by atoms with E-state index in [0.29, 0.717) is 15.5 Å². The minimum atomic E-state index is -4.37. The smallest absolute Gasteiger partial charge is 0.320 e. The molecule has 0 aliphatic carbocycles. The highest BCUT2D eigenvalue weighted by Crippen LogP contribution is 2.29. The van der Waals surface area contributed by atoms with Crippen LogP contribution in [0, 0.1) is 0 Å². The topological polar surface area (TPSA) is 38.9 Å². The van der Waals surface area contributed by atoms with Crippen molar-refractivity contribution in [1.29, 1.82) is 0 Å². The normalized spacial score (nSPS) is 14.2. The number of rotatable bonds is 2. The number of hydrogen-bond acceptors (Lipinski definition) is 3. The number of hydrogen-bond donors (Lipinski definition) is 1. The summed E-state index contributed by atoms with van der Waals surface area (Å²) in [5, 5.41) is 0.321. The van der Waals surface area contributed by atoms with Crippen LogP contribution in [0.15, 0.2) is 18.2 Å². The van der Waals surface area contributed by atoms with Gasteiger partial charge in [0.15, 0.2) is 0 Å². The van der Waals surface area contributed by atoms with Gasteiger partial charge in [0.1, 0.15) is 11.2 Å². The molecule has 92 valence electrons. The maximum Gasteiger partial charge on any atom is 0.403 e. The van der Waals surface area contributed by atoms with Gasteiger partial charge in [0, 0.05) is 11.3 Å². The molecule has 0 radical (unpaired) electrons. The maximum atomic E-state index is 12.3. The Morgan fingerprint density at radius 1 is 1.41 bits per heavy atom. The van der Waals surface area contributed by atoms with Crippen LogP contribution < -0.4 is 5.73 Å². The summed E-state index contributed by atoms with van der Waals surface area (Å²) in [4.78, 5) is 4.57. The molecule has 0 fully saturated rings. The lowest BCUT2D eigenvalue weighted by Gasteiger charge is -2.13. The Bertz CT molecular complexity index is 538. The zero-order chi connectivity index (χ0) is 12.6. The number of nitrogens with zero attached hydrogens (tertiary/aromatic N) is 1. The number of nitrogens with two attached hydrogens (primary N) is 1. The SMILES string of the molecule is NC(Cc1cc2nc(Cl)ccc2s1)C(F)(F)F. The first-order chi connectivity index (χ1) is 7.86. The second-order valence-electron chi connectivity index (χ2n) is 3.58. The molecule has 7 heteroatoms. The van der Waals surface area contributed by atoms with Crippen molar-refractivity contribution in [1.82, 2.24) is 4.98 Å². The van der Waals surface area contributed by atoms with Crippen LogP contribution in [0.5, 0.6) is 0 Å². The average molecular weight is 281 g/mol. The molecule has 0 saturated heterocycles. The summed E-state index contributed by atoms with van der Waals surface area (Å²) in [6.45, 7) is 0. The number of alkyl halides is 3. The van der Waals surface area contributed by atoms with Crippen molar-refractivity contribution >= 4 is 33.2 Å². The summed E-state index contributed by atoms with van der Waals surface area (Å²) in [5.41, 5.74) is 5.67. The first kappa shape index (κ1) is 12.6. The van der Waals surface area contributed by atoms with Gasteiger partial charge in [-0.05, 0) is 18.2 Å². The van der Waals surface area contributed by atoms with Gasteiger partial charge in [-0.3, -0.25) is 0 Å². The van der Waals surface area contributed by atoms with E-state index in [1.807, 2.05) is 0 Å². The average Bonchev–Trinajstić information content (AvgIpc) is 2.57. The molecule has 0 bridgehead atoms. The number of thiophene rings is 1. The van der Waals surface area contributed by atoms with Gasteiger partial charge in [0.25, 0.3) is 0 Å². The molecule has 0 aliphatic rings. The van der Waals surface area contributed by atoms with Gasteiger partial charge < -0.3 is 5.73 Å². The van der Waals surface area contributed by atoms with Crippen molar-refractivity contribution in [3.63, 3.8) is 0 Å². The van der Waals surface area contributed by atoms with Crippen LogP contribution in [-0.2, 0) is 6.42 Å². The van der Waals surface area contributed by atoms with Crippen LogP contribution in [-0.4, -0.2) is 17.2 Å². The minimum Gasteiger partial charge on any atom is -0.320 e. The molecule has 0 amide bonds. The highest BCUT2D eigenvalue weighted by atomic mass is 35.5. The Labute approximate surface area is 104 Å². The van der Waals surface area contributed by atoms with E-state index in [1.54, 1.807) is 18.2 Å². The Balaban J connectivity index is 2.25. The summed E-state index contributed by atoms with van der Waals surface area (Å²) in [6.07, 6.45) is -4.61. The second-order valence-corrected chi connectivity index (χ2v) is 5.14. The quantitative estimate of drug-likeness (QED) is 0.857. The first-order valence-corrected chi connectivity index (χ1v) is 5.93. The molecule has 0 spiro atoms. The Kier molecular flexibility index (Phi) is 3.29. The Hall–Kier alpha value is -0.850. The highest BCUT2D eigenvalue weighted by molar-refractivity contribution is 7.19. The molecule has 17 heavy (non-hydrogen) atoms. The summed E-state index contributed by atoms with van der Waals surface area (Å²) >= 11 is 6.94. The maximum absolute atomic E-state index is 12.3. The van der Waals surface area contributed by atoms with Gasteiger partial charge in [-0.1, -0.05) is 11.6 Å². The molecule has 0 saturated carbocycles. The molecule has 1 atom stereocenters. The van der Waals surface area contributed by atoms with Gasteiger partial charge in [0.2, 0.25) is 0 Å².